The minimum atomic E-state index is -3.81. The summed E-state index contributed by atoms with van der Waals surface area (Å²) in [6.45, 7) is -0.778. The second-order valence-electron chi connectivity index (χ2n) is 2.91. The Balaban J connectivity index is 3.13. The van der Waals surface area contributed by atoms with Gasteiger partial charge in [-0.15, -0.1) is 0 Å². The molecule has 1 aromatic carbocycles. The van der Waals surface area contributed by atoms with E-state index in [2.05, 4.69) is 20.1 Å². The molecule has 0 fully saturated rings. The van der Waals surface area contributed by atoms with Crippen molar-refractivity contribution >= 4 is 26.0 Å². The fraction of sp³-hybridized carbons (Fsp3) is 0.250. The molecule has 1 rings (SSSR count). The molecule has 0 unspecified atom stereocenters. The summed E-state index contributed by atoms with van der Waals surface area (Å²) in [5, 5.41) is 0. The highest BCUT2D eigenvalue weighted by molar-refractivity contribution is 9.10. The van der Waals surface area contributed by atoms with Crippen LogP contribution in [0.25, 0.3) is 0 Å². The molecule has 0 aliphatic carbocycles. The second kappa shape index (κ2) is 4.72. The van der Waals surface area contributed by atoms with Gasteiger partial charge in [0.15, 0.2) is 11.6 Å². The Morgan fingerprint density at radius 1 is 1.31 bits per heavy atom. The Bertz CT molecular complexity index is 490. The molecule has 0 radical (unpaired) electrons. The predicted molar refractivity (Wildman–Crippen MR) is 53.6 cm³/mol. The lowest BCUT2D eigenvalue weighted by Gasteiger charge is -2.07. The molecule has 0 heterocycles. The fourth-order valence-electron chi connectivity index (χ4n) is 0.915. The minimum absolute atomic E-state index is 0.351. The standard InChI is InChI=1S/C8H6BrF3O3S/c1-16(13,14)15-3-4-7(9)5(10)2-6(11)8(4)12/h2H,3H2,1H3. The van der Waals surface area contributed by atoms with E-state index in [0.29, 0.717) is 6.07 Å². The van der Waals surface area contributed by atoms with Gasteiger partial charge in [0.1, 0.15) is 5.82 Å². The van der Waals surface area contributed by atoms with Crippen molar-refractivity contribution in [2.24, 2.45) is 0 Å². The van der Waals surface area contributed by atoms with Crippen LogP contribution in [0, 0.1) is 17.5 Å². The summed E-state index contributed by atoms with van der Waals surface area (Å²) in [7, 11) is -3.81. The lowest BCUT2D eigenvalue weighted by Crippen LogP contribution is -2.06. The van der Waals surface area contributed by atoms with E-state index in [4.69, 9.17) is 0 Å². The van der Waals surface area contributed by atoms with Crippen LogP contribution in [-0.4, -0.2) is 14.7 Å². The molecule has 0 saturated carbocycles. The first kappa shape index (κ1) is 13.5. The van der Waals surface area contributed by atoms with Gasteiger partial charge >= 0.3 is 0 Å². The summed E-state index contributed by atoms with van der Waals surface area (Å²) in [4.78, 5) is 0. The lowest BCUT2D eigenvalue weighted by atomic mass is 10.2. The van der Waals surface area contributed by atoms with Crippen LogP contribution < -0.4 is 0 Å². The molecule has 8 heteroatoms. The molecule has 3 nitrogen and oxygen atoms in total. The van der Waals surface area contributed by atoms with E-state index < -0.39 is 39.7 Å². The molecule has 0 aromatic heterocycles. The van der Waals surface area contributed by atoms with E-state index in [-0.39, 0.29) is 4.47 Å². The highest BCUT2D eigenvalue weighted by Crippen LogP contribution is 2.26. The average Bonchev–Trinajstić information content (AvgIpc) is 2.13. The average molecular weight is 319 g/mol. The molecule has 0 aliphatic heterocycles. The molecule has 0 amide bonds. The van der Waals surface area contributed by atoms with Gasteiger partial charge in [-0.1, -0.05) is 0 Å². The van der Waals surface area contributed by atoms with E-state index in [0.717, 1.165) is 6.26 Å². The molecule has 90 valence electrons. The number of halogens is 4. The fourth-order valence-corrected chi connectivity index (χ4v) is 1.65. The van der Waals surface area contributed by atoms with E-state index in [1.807, 2.05) is 0 Å². The van der Waals surface area contributed by atoms with Crippen LogP contribution in [0.2, 0.25) is 0 Å². The van der Waals surface area contributed by atoms with E-state index >= 15 is 0 Å². The third-order valence-corrected chi connectivity index (χ3v) is 3.02. The molecule has 0 spiro atoms. The zero-order valence-corrected chi connectivity index (χ0v) is 10.3. The summed E-state index contributed by atoms with van der Waals surface area (Å²) in [6.07, 6.45) is 0.745. The zero-order valence-electron chi connectivity index (χ0n) is 7.93. The highest BCUT2D eigenvalue weighted by Gasteiger charge is 2.18. The van der Waals surface area contributed by atoms with Crippen LogP contribution >= 0.6 is 15.9 Å². The van der Waals surface area contributed by atoms with E-state index in [9.17, 15) is 21.6 Å². The maximum atomic E-state index is 13.2. The van der Waals surface area contributed by atoms with Crippen LogP contribution in [0.4, 0.5) is 13.2 Å². The Hall–Kier alpha value is -0.600. The van der Waals surface area contributed by atoms with Crippen molar-refractivity contribution in [3.63, 3.8) is 0 Å². The molecular weight excluding hydrogens is 313 g/mol. The van der Waals surface area contributed by atoms with Crippen molar-refractivity contribution < 1.29 is 25.8 Å². The molecule has 0 saturated heterocycles. The van der Waals surface area contributed by atoms with Crippen LogP contribution in [0.3, 0.4) is 0 Å². The van der Waals surface area contributed by atoms with Gasteiger partial charge in [-0.05, 0) is 15.9 Å². The van der Waals surface area contributed by atoms with Gasteiger partial charge in [0.25, 0.3) is 10.1 Å². The van der Waals surface area contributed by atoms with Gasteiger partial charge in [-0.2, -0.15) is 8.42 Å². The maximum Gasteiger partial charge on any atom is 0.264 e. The monoisotopic (exact) mass is 318 g/mol. The summed E-state index contributed by atoms with van der Waals surface area (Å²) in [5.74, 6) is -3.80. The third-order valence-electron chi connectivity index (χ3n) is 1.62. The number of rotatable bonds is 3. The second-order valence-corrected chi connectivity index (χ2v) is 5.35. The minimum Gasteiger partial charge on any atom is -0.265 e. The molecule has 16 heavy (non-hydrogen) atoms. The molecule has 0 bridgehead atoms. The van der Waals surface area contributed by atoms with E-state index in [1.165, 1.54) is 0 Å². The van der Waals surface area contributed by atoms with Gasteiger partial charge in [-0.3, -0.25) is 4.18 Å². The number of benzene rings is 1. The maximum absolute atomic E-state index is 13.2. The van der Waals surface area contributed by atoms with Gasteiger partial charge in [0, 0.05) is 11.6 Å². The summed E-state index contributed by atoms with van der Waals surface area (Å²) >= 11 is 2.68. The first-order chi connectivity index (χ1) is 7.22. The van der Waals surface area contributed by atoms with Crippen LogP contribution in [0.1, 0.15) is 5.56 Å². The van der Waals surface area contributed by atoms with Crippen molar-refractivity contribution in [3.8, 4) is 0 Å². The SMILES string of the molecule is CS(=O)(=O)OCc1c(F)c(F)cc(F)c1Br. The molecule has 0 atom stereocenters. The third kappa shape index (κ3) is 3.19. The predicted octanol–water partition coefficient (Wildman–Crippen LogP) is 2.34. The summed E-state index contributed by atoms with van der Waals surface area (Å²) in [6, 6.07) is 0.351. The Morgan fingerprint density at radius 2 is 1.88 bits per heavy atom. The number of hydrogen-bond donors (Lipinski definition) is 0. The van der Waals surface area contributed by atoms with Crippen molar-refractivity contribution in [1.29, 1.82) is 0 Å². The number of hydrogen-bond acceptors (Lipinski definition) is 3. The normalized spacial score (nSPS) is 11.8. The van der Waals surface area contributed by atoms with Crippen LogP contribution in [-0.2, 0) is 20.9 Å². The summed E-state index contributed by atoms with van der Waals surface area (Å²) < 4.78 is 64.1. The van der Waals surface area contributed by atoms with Crippen LogP contribution in [0.5, 0.6) is 0 Å². The van der Waals surface area contributed by atoms with Crippen LogP contribution in [0.15, 0.2) is 10.5 Å². The molecule has 1 aromatic rings. The molecular formula is C8H6BrF3O3S. The zero-order chi connectivity index (χ0) is 12.5. The highest BCUT2D eigenvalue weighted by atomic mass is 79.9. The molecule has 0 aliphatic rings. The Labute approximate surface area is 98.5 Å². The lowest BCUT2D eigenvalue weighted by molar-refractivity contribution is 0.301. The first-order valence-corrected chi connectivity index (χ1v) is 6.49. The van der Waals surface area contributed by atoms with Crippen molar-refractivity contribution in [2.75, 3.05) is 6.26 Å². The topological polar surface area (TPSA) is 43.4 Å². The Kier molecular flexibility index (Phi) is 3.97. The van der Waals surface area contributed by atoms with Crippen molar-refractivity contribution in [2.45, 2.75) is 6.61 Å². The van der Waals surface area contributed by atoms with Crippen molar-refractivity contribution in [1.82, 2.24) is 0 Å². The summed E-state index contributed by atoms with van der Waals surface area (Å²) in [5.41, 5.74) is -0.525. The van der Waals surface area contributed by atoms with Gasteiger partial charge in [-0.25, -0.2) is 13.2 Å². The van der Waals surface area contributed by atoms with Gasteiger partial charge in [0.05, 0.1) is 17.3 Å². The van der Waals surface area contributed by atoms with Crippen molar-refractivity contribution in [3.05, 3.63) is 33.6 Å². The first-order valence-electron chi connectivity index (χ1n) is 3.88. The van der Waals surface area contributed by atoms with Gasteiger partial charge < -0.3 is 0 Å². The van der Waals surface area contributed by atoms with Gasteiger partial charge in [0.2, 0.25) is 0 Å². The molecule has 0 N–H and O–H groups in total. The van der Waals surface area contributed by atoms with E-state index in [1.54, 1.807) is 0 Å². The smallest absolute Gasteiger partial charge is 0.264 e. The largest absolute Gasteiger partial charge is 0.265 e. The Morgan fingerprint density at radius 3 is 2.38 bits per heavy atom. The quantitative estimate of drug-likeness (QED) is 0.634.